The van der Waals surface area contributed by atoms with E-state index in [1.807, 2.05) is 26.8 Å². The Kier molecular flexibility index (Phi) is 4.18. The maximum absolute atomic E-state index is 12.4. The van der Waals surface area contributed by atoms with Crippen LogP contribution in [0.4, 0.5) is 5.69 Å². The smallest absolute Gasteiger partial charge is 0.260 e. The molecule has 2 amide bonds. The number of hydrogen-bond donors (Lipinski definition) is 2. The summed E-state index contributed by atoms with van der Waals surface area (Å²) in [6.07, 6.45) is -0.821. The highest BCUT2D eigenvalue weighted by Gasteiger charge is 2.32. The molecule has 0 aliphatic carbocycles. The molecule has 2 rings (SSSR count). The number of nitrogens with one attached hydrogen (secondary N) is 1. The van der Waals surface area contributed by atoms with E-state index in [9.17, 15) is 9.59 Å². The van der Waals surface area contributed by atoms with Crippen LogP contribution < -0.4 is 20.7 Å². The zero-order valence-electron chi connectivity index (χ0n) is 12.6. The molecule has 0 bridgehead atoms. The van der Waals surface area contributed by atoms with Gasteiger partial charge in [-0.3, -0.25) is 9.59 Å². The summed E-state index contributed by atoms with van der Waals surface area (Å²) in [5.74, 6) is -0.199. The second kappa shape index (κ2) is 5.73. The lowest BCUT2D eigenvalue weighted by Crippen LogP contribution is -2.52. The molecule has 0 saturated carbocycles. The second-order valence-electron chi connectivity index (χ2n) is 6.08. The first-order valence-electron chi connectivity index (χ1n) is 6.88. The summed E-state index contributed by atoms with van der Waals surface area (Å²) in [6.45, 7) is 6.28. The van der Waals surface area contributed by atoms with Crippen LogP contribution in [0, 0.1) is 0 Å². The van der Waals surface area contributed by atoms with Gasteiger partial charge in [0.1, 0.15) is 5.75 Å². The average Bonchev–Trinajstić information content (AvgIpc) is 2.42. The van der Waals surface area contributed by atoms with Crippen molar-refractivity contribution in [3.05, 3.63) is 24.3 Å². The van der Waals surface area contributed by atoms with E-state index in [-0.39, 0.29) is 24.5 Å². The number of carbonyl (C=O) groups excluding carboxylic acids is 2. The highest BCUT2D eigenvalue weighted by Crippen LogP contribution is 2.32. The topological polar surface area (TPSA) is 84.7 Å². The van der Waals surface area contributed by atoms with Gasteiger partial charge in [0.05, 0.1) is 18.8 Å². The number of benzene rings is 1. The summed E-state index contributed by atoms with van der Waals surface area (Å²) in [7, 11) is 0. The van der Waals surface area contributed by atoms with Gasteiger partial charge in [-0.05, 0) is 32.9 Å². The summed E-state index contributed by atoms with van der Waals surface area (Å²) >= 11 is 0. The summed E-state index contributed by atoms with van der Waals surface area (Å²) in [5, 5.41) is 3.15. The molecule has 1 atom stereocenters. The van der Waals surface area contributed by atoms with Gasteiger partial charge in [0.15, 0.2) is 6.10 Å². The Labute approximate surface area is 124 Å². The number of rotatable bonds is 3. The van der Waals surface area contributed by atoms with Gasteiger partial charge < -0.3 is 20.7 Å². The molecule has 1 aliphatic rings. The van der Waals surface area contributed by atoms with Crippen LogP contribution in [0.3, 0.4) is 0 Å². The zero-order valence-corrected chi connectivity index (χ0v) is 12.6. The molecule has 1 unspecified atom stereocenters. The highest BCUT2D eigenvalue weighted by molar-refractivity contribution is 5.98. The van der Waals surface area contributed by atoms with Crippen molar-refractivity contribution >= 4 is 17.5 Å². The first-order chi connectivity index (χ1) is 9.78. The van der Waals surface area contributed by atoms with Crippen molar-refractivity contribution in [1.29, 1.82) is 0 Å². The molecular formula is C15H21N3O3. The van der Waals surface area contributed by atoms with Crippen LogP contribution in [0.1, 0.15) is 20.8 Å². The minimum absolute atomic E-state index is 0.119. The third-order valence-corrected chi connectivity index (χ3v) is 3.16. The Hall–Kier alpha value is -2.08. The van der Waals surface area contributed by atoms with Crippen LogP contribution in [-0.2, 0) is 9.59 Å². The van der Waals surface area contributed by atoms with E-state index in [4.69, 9.17) is 10.5 Å². The highest BCUT2D eigenvalue weighted by atomic mass is 16.5. The van der Waals surface area contributed by atoms with Crippen molar-refractivity contribution in [2.45, 2.75) is 32.4 Å². The molecule has 1 aromatic carbocycles. The summed E-state index contributed by atoms with van der Waals surface area (Å²) < 4.78 is 5.53. The van der Waals surface area contributed by atoms with E-state index >= 15 is 0 Å². The van der Waals surface area contributed by atoms with Gasteiger partial charge in [0, 0.05) is 5.54 Å². The van der Waals surface area contributed by atoms with Crippen LogP contribution in [-0.4, -0.2) is 36.5 Å². The minimum Gasteiger partial charge on any atom is -0.477 e. The second-order valence-corrected chi connectivity index (χ2v) is 6.08. The van der Waals surface area contributed by atoms with Crippen molar-refractivity contribution in [1.82, 2.24) is 5.32 Å². The molecular weight excluding hydrogens is 270 g/mol. The maximum Gasteiger partial charge on any atom is 0.260 e. The normalized spacial score (nSPS) is 17.9. The molecule has 0 spiro atoms. The van der Waals surface area contributed by atoms with Crippen molar-refractivity contribution in [3.8, 4) is 5.75 Å². The fraction of sp³-hybridized carbons (Fsp3) is 0.467. The molecule has 0 fully saturated rings. The maximum atomic E-state index is 12.4. The summed E-state index contributed by atoms with van der Waals surface area (Å²) in [6, 6.07) is 7.13. The van der Waals surface area contributed by atoms with E-state index in [2.05, 4.69) is 5.32 Å². The SMILES string of the molecule is CC(C)(C)NCC(=O)N1CC(C(N)=O)Oc2ccccc21. The number of primary amides is 1. The lowest BCUT2D eigenvalue weighted by Gasteiger charge is -2.34. The zero-order chi connectivity index (χ0) is 15.6. The molecule has 1 heterocycles. The number of nitrogens with two attached hydrogens (primary N) is 1. The van der Waals surface area contributed by atoms with Crippen molar-refractivity contribution in [2.24, 2.45) is 5.73 Å². The van der Waals surface area contributed by atoms with E-state index in [1.165, 1.54) is 0 Å². The number of anilines is 1. The quantitative estimate of drug-likeness (QED) is 0.856. The van der Waals surface area contributed by atoms with Crippen LogP contribution in [0.2, 0.25) is 0 Å². The van der Waals surface area contributed by atoms with Crippen LogP contribution in [0.15, 0.2) is 24.3 Å². The lowest BCUT2D eigenvalue weighted by atomic mass is 10.1. The van der Waals surface area contributed by atoms with E-state index in [0.29, 0.717) is 11.4 Å². The number of amides is 2. The van der Waals surface area contributed by atoms with E-state index < -0.39 is 12.0 Å². The Bertz CT molecular complexity index is 551. The van der Waals surface area contributed by atoms with Crippen LogP contribution in [0.5, 0.6) is 5.75 Å². The molecule has 1 aromatic rings. The Morgan fingerprint density at radius 2 is 2.05 bits per heavy atom. The summed E-state index contributed by atoms with van der Waals surface area (Å²) in [5.41, 5.74) is 5.81. The van der Waals surface area contributed by atoms with Gasteiger partial charge in [-0.2, -0.15) is 0 Å². The molecule has 6 nitrogen and oxygen atoms in total. The lowest BCUT2D eigenvalue weighted by molar-refractivity contribution is -0.125. The Morgan fingerprint density at radius 1 is 1.38 bits per heavy atom. The summed E-state index contributed by atoms with van der Waals surface area (Å²) in [4.78, 5) is 25.4. The fourth-order valence-corrected chi connectivity index (χ4v) is 2.05. The first-order valence-corrected chi connectivity index (χ1v) is 6.88. The number of fused-ring (bicyclic) bond motifs is 1. The van der Waals surface area contributed by atoms with Gasteiger partial charge in [-0.1, -0.05) is 12.1 Å². The molecule has 3 N–H and O–H groups in total. The molecule has 0 saturated heterocycles. The number of para-hydroxylation sites is 2. The average molecular weight is 291 g/mol. The fourth-order valence-electron chi connectivity index (χ4n) is 2.05. The number of carbonyl (C=O) groups is 2. The van der Waals surface area contributed by atoms with Gasteiger partial charge >= 0.3 is 0 Å². The molecule has 1 aliphatic heterocycles. The van der Waals surface area contributed by atoms with E-state index in [1.54, 1.807) is 23.1 Å². The predicted molar refractivity (Wildman–Crippen MR) is 80.2 cm³/mol. The monoisotopic (exact) mass is 291 g/mol. The number of ether oxygens (including phenoxy) is 1. The molecule has 114 valence electrons. The van der Waals surface area contributed by atoms with E-state index in [0.717, 1.165) is 0 Å². The molecule has 6 heteroatoms. The number of hydrogen-bond acceptors (Lipinski definition) is 4. The van der Waals surface area contributed by atoms with Gasteiger partial charge in [-0.25, -0.2) is 0 Å². The predicted octanol–water partition coefficient (Wildman–Crippen LogP) is 0.654. The Balaban J connectivity index is 2.21. The Morgan fingerprint density at radius 3 is 2.67 bits per heavy atom. The van der Waals surface area contributed by atoms with Gasteiger partial charge in [-0.15, -0.1) is 0 Å². The third kappa shape index (κ3) is 3.72. The van der Waals surface area contributed by atoms with Crippen LogP contribution in [0.25, 0.3) is 0 Å². The number of nitrogens with zero attached hydrogens (tertiary/aromatic N) is 1. The minimum atomic E-state index is -0.821. The molecule has 0 radical (unpaired) electrons. The third-order valence-electron chi connectivity index (χ3n) is 3.16. The largest absolute Gasteiger partial charge is 0.477 e. The van der Waals surface area contributed by atoms with Crippen molar-refractivity contribution in [3.63, 3.8) is 0 Å². The van der Waals surface area contributed by atoms with Crippen LogP contribution >= 0.6 is 0 Å². The standard InChI is InChI=1S/C15H21N3O3/c1-15(2,3)17-8-13(19)18-9-12(14(16)20)21-11-7-5-4-6-10(11)18/h4-7,12,17H,8-9H2,1-3H3,(H2,16,20). The van der Waals surface area contributed by atoms with Gasteiger partial charge in [0.25, 0.3) is 5.91 Å². The van der Waals surface area contributed by atoms with Crippen molar-refractivity contribution in [2.75, 3.05) is 18.0 Å². The van der Waals surface area contributed by atoms with Gasteiger partial charge in [0.2, 0.25) is 5.91 Å². The van der Waals surface area contributed by atoms with Crippen molar-refractivity contribution < 1.29 is 14.3 Å². The molecule has 21 heavy (non-hydrogen) atoms. The first kappa shape index (κ1) is 15.3. The molecule has 0 aromatic heterocycles.